The summed E-state index contributed by atoms with van der Waals surface area (Å²) in [6, 6.07) is 0. The molecule has 0 aliphatic heterocycles. The highest BCUT2D eigenvalue weighted by Gasteiger charge is 2.56. The lowest BCUT2D eigenvalue weighted by atomic mass is 10.00. The number of hydrogen-bond acceptors (Lipinski definition) is 4. The Kier molecular flexibility index (Phi) is 2.24. The number of alkyl halides is 3. The Hall–Kier alpha value is -1.18. The average Bonchev–Trinajstić information content (AvgIpc) is 2.52. The summed E-state index contributed by atoms with van der Waals surface area (Å²) < 4.78 is 36.9. The van der Waals surface area contributed by atoms with Crippen LogP contribution in [0, 0.1) is 0 Å². The summed E-state index contributed by atoms with van der Waals surface area (Å²) in [7, 11) is 0. The van der Waals surface area contributed by atoms with Gasteiger partial charge in [0.05, 0.1) is 0 Å². The molecule has 0 radical (unpaired) electrons. The first-order valence-electron chi connectivity index (χ1n) is 3.45. The van der Waals surface area contributed by atoms with Crippen molar-refractivity contribution in [3.05, 3.63) is 5.82 Å². The molecular formula is C5H7F3N4O. The van der Waals surface area contributed by atoms with Crippen molar-refractivity contribution in [2.75, 3.05) is 0 Å². The Bertz CT molecular complexity index is 272. The topological polar surface area (TPSA) is 74.7 Å². The third kappa shape index (κ3) is 1.48. The SMILES string of the molecule is CC[C@@](O)(c1nn[nH]n1)C(F)(F)F. The van der Waals surface area contributed by atoms with E-state index in [1.807, 2.05) is 5.21 Å². The molecule has 0 saturated carbocycles. The Morgan fingerprint density at radius 3 is 2.38 bits per heavy atom. The van der Waals surface area contributed by atoms with Gasteiger partial charge in [-0.1, -0.05) is 12.1 Å². The Morgan fingerprint density at radius 2 is 2.08 bits per heavy atom. The van der Waals surface area contributed by atoms with Gasteiger partial charge in [0.25, 0.3) is 0 Å². The predicted octanol–water partition coefficient (Wildman–Crippen LogP) is 0.360. The van der Waals surface area contributed by atoms with E-state index in [1.165, 1.54) is 6.92 Å². The predicted molar refractivity (Wildman–Crippen MR) is 34.4 cm³/mol. The minimum Gasteiger partial charge on any atom is -0.374 e. The van der Waals surface area contributed by atoms with Gasteiger partial charge in [-0.05, 0) is 6.42 Å². The molecular weight excluding hydrogens is 189 g/mol. The Labute approximate surface area is 71.0 Å². The van der Waals surface area contributed by atoms with E-state index in [9.17, 15) is 18.3 Å². The zero-order valence-corrected chi connectivity index (χ0v) is 6.63. The molecule has 1 rings (SSSR count). The maximum Gasteiger partial charge on any atom is 0.424 e. The molecule has 0 unspecified atom stereocenters. The van der Waals surface area contributed by atoms with Gasteiger partial charge >= 0.3 is 6.18 Å². The molecule has 0 spiro atoms. The molecule has 1 heterocycles. The fourth-order valence-electron chi connectivity index (χ4n) is 0.822. The molecule has 0 aromatic carbocycles. The largest absolute Gasteiger partial charge is 0.424 e. The second-order valence-corrected chi connectivity index (χ2v) is 2.45. The summed E-state index contributed by atoms with van der Waals surface area (Å²) in [6.45, 7) is 1.18. The van der Waals surface area contributed by atoms with Crippen LogP contribution >= 0.6 is 0 Å². The second-order valence-electron chi connectivity index (χ2n) is 2.45. The van der Waals surface area contributed by atoms with Crippen LogP contribution in [0.5, 0.6) is 0 Å². The van der Waals surface area contributed by atoms with Crippen LogP contribution in [0.4, 0.5) is 13.2 Å². The summed E-state index contributed by atoms with van der Waals surface area (Å²) >= 11 is 0. The van der Waals surface area contributed by atoms with Crippen LogP contribution in [0.2, 0.25) is 0 Å². The van der Waals surface area contributed by atoms with Crippen molar-refractivity contribution >= 4 is 0 Å². The number of aromatic nitrogens is 4. The fourth-order valence-corrected chi connectivity index (χ4v) is 0.822. The molecule has 1 atom stereocenters. The molecule has 0 aliphatic rings. The summed E-state index contributed by atoms with van der Waals surface area (Å²) in [5, 5.41) is 20.2. The third-order valence-electron chi connectivity index (χ3n) is 1.70. The van der Waals surface area contributed by atoms with E-state index in [0.717, 1.165) is 0 Å². The van der Waals surface area contributed by atoms with Gasteiger partial charge in [0.15, 0.2) is 0 Å². The van der Waals surface area contributed by atoms with Crippen molar-refractivity contribution < 1.29 is 18.3 Å². The van der Waals surface area contributed by atoms with Crippen LogP contribution in [0.15, 0.2) is 0 Å². The third-order valence-corrected chi connectivity index (χ3v) is 1.70. The number of H-pyrrole nitrogens is 1. The van der Waals surface area contributed by atoms with E-state index in [0.29, 0.717) is 0 Å². The summed E-state index contributed by atoms with van der Waals surface area (Å²) in [4.78, 5) is 0. The number of aliphatic hydroxyl groups is 1. The summed E-state index contributed by atoms with van der Waals surface area (Å²) in [5.41, 5.74) is -3.01. The number of hydrogen-bond donors (Lipinski definition) is 2. The maximum absolute atomic E-state index is 12.3. The lowest BCUT2D eigenvalue weighted by Gasteiger charge is -2.25. The van der Waals surface area contributed by atoms with Crippen molar-refractivity contribution in [3.63, 3.8) is 0 Å². The molecule has 0 saturated heterocycles. The van der Waals surface area contributed by atoms with Crippen LogP contribution in [0.25, 0.3) is 0 Å². The van der Waals surface area contributed by atoms with Crippen LogP contribution in [0.3, 0.4) is 0 Å². The van der Waals surface area contributed by atoms with E-state index < -0.39 is 24.0 Å². The van der Waals surface area contributed by atoms with E-state index in [1.54, 1.807) is 0 Å². The zero-order chi connectivity index (χ0) is 10.1. The van der Waals surface area contributed by atoms with Crippen LogP contribution in [0.1, 0.15) is 19.2 Å². The molecule has 1 aromatic heterocycles. The first kappa shape index (κ1) is 9.90. The zero-order valence-electron chi connectivity index (χ0n) is 6.63. The van der Waals surface area contributed by atoms with Gasteiger partial charge in [-0.15, -0.1) is 10.2 Å². The van der Waals surface area contributed by atoms with Crippen molar-refractivity contribution in [1.29, 1.82) is 0 Å². The molecule has 74 valence electrons. The van der Waals surface area contributed by atoms with Crippen LogP contribution in [-0.2, 0) is 5.60 Å². The van der Waals surface area contributed by atoms with Gasteiger partial charge in [-0.2, -0.15) is 18.4 Å². The molecule has 0 amide bonds. The highest BCUT2D eigenvalue weighted by molar-refractivity contribution is 5.01. The van der Waals surface area contributed by atoms with Crippen molar-refractivity contribution in [2.24, 2.45) is 0 Å². The lowest BCUT2D eigenvalue weighted by Crippen LogP contribution is -2.42. The number of nitrogens with zero attached hydrogens (tertiary/aromatic N) is 3. The van der Waals surface area contributed by atoms with Crippen molar-refractivity contribution in [2.45, 2.75) is 25.1 Å². The van der Waals surface area contributed by atoms with E-state index in [-0.39, 0.29) is 0 Å². The molecule has 0 fully saturated rings. The first-order valence-corrected chi connectivity index (χ1v) is 3.45. The average molecular weight is 196 g/mol. The molecule has 1 aromatic rings. The fraction of sp³-hybridized carbons (Fsp3) is 0.800. The van der Waals surface area contributed by atoms with Gasteiger partial charge in [-0.3, -0.25) is 0 Å². The number of tetrazole rings is 1. The van der Waals surface area contributed by atoms with Crippen molar-refractivity contribution in [1.82, 2.24) is 20.6 Å². The van der Waals surface area contributed by atoms with E-state index >= 15 is 0 Å². The standard InChI is InChI=1S/C5H7F3N4O/c1-2-4(13,5(6,7)8)3-9-11-12-10-3/h13H,2H2,1H3,(H,9,10,11,12)/t4-/m1/s1. The summed E-state index contributed by atoms with van der Waals surface area (Å²) in [5.74, 6) is -0.762. The number of rotatable bonds is 2. The molecule has 5 nitrogen and oxygen atoms in total. The maximum atomic E-state index is 12.3. The molecule has 2 N–H and O–H groups in total. The highest BCUT2D eigenvalue weighted by atomic mass is 19.4. The second kappa shape index (κ2) is 2.95. The van der Waals surface area contributed by atoms with Gasteiger partial charge in [-0.25, -0.2) is 0 Å². The van der Waals surface area contributed by atoms with Gasteiger partial charge in [0.1, 0.15) is 0 Å². The lowest BCUT2D eigenvalue weighted by molar-refractivity contribution is -0.270. The van der Waals surface area contributed by atoms with Gasteiger partial charge in [0, 0.05) is 0 Å². The van der Waals surface area contributed by atoms with Gasteiger partial charge < -0.3 is 5.11 Å². The molecule has 8 heteroatoms. The minimum absolute atomic E-state index is 0.559. The minimum atomic E-state index is -4.80. The smallest absolute Gasteiger partial charge is 0.374 e. The Morgan fingerprint density at radius 1 is 1.46 bits per heavy atom. The van der Waals surface area contributed by atoms with Crippen LogP contribution < -0.4 is 0 Å². The highest BCUT2D eigenvalue weighted by Crippen LogP contribution is 2.39. The number of halogens is 3. The first-order chi connectivity index (χ1) is 5.92. The normalized spacial score (nSPS) is 17.0. The van der Waals surface area contributed by atoms with Crippen LogP contribution in [-0.4, -0.2) is 31.9 Å². The van der Waals surface area contributed by atoms with E-state index in [4.69, 9.17) is 0 Å². The molecule has 0 aliphatic carbocycles. The van der Waals surface area contributed by atoms with Gasteiger partial charge in [0.2, 0.25) is 11.4 Å². The quantitative estimate of drug-likeness (QED) is 0.716. The van der Waals surface area contributed by atoms with E-state index in [2.05, 4.69) is 15.4 Å². The summed E-state index contributed by atoms with van der Waals surface area (Å²) in [6.07, 6.45) is -5.36. The number of nitrogens with one attached hydrogen (secondary N) is 1. The molecule has 0 bridgehead atoms. The molecule has 13 heavy (non-hydrogen) atoms. The monoisotopic (exact) mass is 196 g/mol. The number of aromatic amines is 1. The Balaban J connectivity index is 3.09. The van der Waals surface area contributed by atoms with Crippen molar-refractivity contribution in [3.8, 4) is 0 Å².